The van der Waals surface area contributed by atoms with Crippen LogP contribution in [-0.2, 0) is 23.5 Å². The zero-order valence-electron chi connectivity index (χ0n) is 11.7. The predicted octanol–water partition coefficient (Wildman–Crippen LogP) is 0.0719. The minimum Gasteiger partial charge on any atom is -0.480 e. The van der Waals surface area contributed by atoms with Gasteiger partial charge in [0.1, 0.15) is 13.2 Å². The molecule has 0 aromatic carbocycles. The Morgan fingerprint density at radius 1 is 1.05 bits per heavy atom. The Morgan fingerprint density at radius 2 is 1.74 bits per heavy atom. The molecule has 0 radical (unpaired) electrons. The van der Waals surface area contributed by atoms with E-state index in [0.717, 1.165) is 0 Å². The molecule has 0 aliphatic heterocycles. The lowest BCUT2D eigenvalue weighted by Crippen LogP contribution is -2.32. The van der Waals surface area contributed by atoms with Crippen molar-refractivity contribution in [3.05, 3.63) is 0 Å². The van der Waals surface area contributed by atoms with Crippen LogP contribution < -0.4 is 5.32 Å². The molecule has 0 rings (SSSR count). The van der Waals surface area contributed by atoms with Crippen molar-refractivity contribution in [3.8, 4) is 0 Å². The number of nitrogens with one attached hydrogen (secondary N) is 1. The Kier molecular flexibility index (Phi) is 9.40. The highest BCUT2D eigenvalue weighted by molar-refractivity contribution is 6.69. The first-order valence-electron chi connectivity index (χ1n) is 6.09. The molecule has 8 heteroatoms. The Morgan fingerprint density at radius 3 is 2.32 bits per heavy atom. The fraction of sp³-hybridized carbons (Fsp3) is 0.818. The minimum atomic E-state index is -1.48. The van der Waals surface area contributed by atoms with E-state index in [0.29, 0.717) is 26.4 Å². The van der Waals surface area contributed by atoms with Gasteiger partial charge in [0, 0.05) is 6.54 Å². The second-order valence-electron chi connectivity index (χ2n) is 4.81. The second-order valence-corrected chi connectivity index (χ2v) is 9.32. The van der Waals surface area contributed by atoms with Crippen LogP contribution in [0.1, 0.15) is 0 Å². The molecule has 7 nitrogen and oxygen atoms in total. The summed E-state index contributed by atoms with van der Waals surface area (Å²) in [7, 11) is -1.48. The van der Waals surface area contributed by atoms with Gasteiger partial charge in [-0.15, -0.1) is 0 Å². The van der Waals surface area contributed by atoms with Crippen molar-refractivity contribution in [3.63, 3.8) is 0 Å². The number of hydrogen-bond donors (Lipinski definition) is 2. The fourth-order valence-electron chi connectivity index (χ4n) is 1.05. The maximum atomic E-state index is 11.1. The first-order valence-corrected chi connectivity index (χ1v) is 9.50. The van der Waals surface area contributed by atoms with E-state index >= 15 is 0 Å². The van der Waals surface area contributed by atoms with Crippen molar-refractivity contribution < 1.29 is 28.6 Å². The molecular weight excluding hydrogens is 270 g/mol. The maximum absolute atomic E-state index is 11.1. The highest BCUT2D eigenvalue weighted by atomic mass is 28.4. The van der Waals surface area contributed by atoms with Gasteiger partial charge in [0.15, 0.2) is 8.32 Å². The van der Waals surface area contributed by atoms with Crippen LogP contribution in [0.3, 0.4) is 0 Å². The largest absolute Gasteiger partial charge is 0.480 e. The van der Waals surface area contributed by atoms with Crippen LogP contribution in [0, 0.1) is 0 Å². The molecule has 0 atom stereocenters. The molecule has 0 aromatic heterocycles. The molecule has 0 saturated heterocycles. The molecular formula is C11H23NO6Si. The van der Waals surface area contributed by atoms with E-state index in [2.05, 4.69) is 29.7 Å². The molecule has 1 amide bonds. The van der Waals surface area contributed by atoms with Crippen molar-refractivity contribution in [2.24, 2.45) is 0 Å². The molecule has 2 N–H and O–H groups in total. The number of carboxylic acids is 1. The first-order chi connectivity index (χ1) is 8.81. The smallest absolute Gasteiger partial charge is 0.329 e. The summed E-state index contributed by atoms with van der Waals surface area (Å²) >= 11 is 0. The van der Waals surface area contributed by atoms with Gasteiger partial charge >= 0.3 is 5.97 Å². The van der Waals surface area contributed by atoms with Gasteiger partial charge in [0.05, 0.1) is 19.8 Å². The van der Waals surface area contributed by atoms with E-state index in [1.807, 2.05) is 0 Å². The maximum Gasteiger partial charge on any atom is 0.329 e. The van der Waals surface area contributed by atoms with Crippen LogP contribution in [0.5, 0.6) is 0 Å². The van der Waals surface area contributed by atoms with Gasteiger partial charge < -0.3 is 24.3 Å². The molecule has 0 aliphatic rings. The summed E-state index contributed by atoms with van der Waals surface area (Å²) < 4.78 is 15.5. The average Bonchev–Trinajstić information content (AvgIpc) is 2.25. The van der Waals surface area contributed by atoms with Gasteiger partial charge in [-0.2, -0.15) is 0 Å². The highest BCUT2D eigenvalue weighted by Crippen LogP contribution is 2.01. The van der Waals surface area contributed by atoms with E-state index in [1.54, 1.807) is 0 Å². The van der Waals surface area contributed by atoms with E-state index in [1.165, 1.54) is 0 Å². The number of aliphatic carboxylic acids is 1. The number of rotatable bonds is 11. The lowest BCUT2D eigenvalue weighted by molar-refractivity contribution is -0.143. The van der Waals surface area contributed by atoms with Gasteiger partial charge in [0.25, 0.3) is 0 Å². The highest BCUT2D eigenvalue weighted by Gasteiger charge is 2.13. The summed E-state index contributed by atoms with van der Waals surface area (Å²) in [4.78, 5) is 21.3. The molecule has 0 fully saturated rings. The second kappa shape index (κ2) is 9.90. The van der Waals surface area contributed by atoms with Crippen molar-refractivity contribution in [2.45, 2.75) is 19.6 Å². The average molecular weight is 293 g/mol. The zero-order chi connectivity index (χ0) is 14.7. The molecule has 0 aromatic rings. The summed E-state index contributed by atoms with van der Waals surface area (Å²) in [5.74, 6) is -1.46. The van der Waals surface area contributed by atoms with Gasteiger partial charge in [-0.1, -0.05) is 0 Å². The van der Waals surface area contributed by atoms with E-state index < -0.39 is 20.9 Å². The third-order valence-corrected chi connectivity index (χ3v) is 2.86. The van der Waals surface area contributed by atoms with Gasteiger partial charge in [-0.25, -0.2) is 4.79 Å². The monoisotopic (exact) mass is 293 g/mol. The fourth-order valence-corrected chi connectivity index (χ4v) is 1.75. The van der Waals surface area contributed by atoms with E-state index in [9.17, 15) is 9.59 Å². The van der Waals surface area contributed by atoms with Crippen molar-refractivity contribution in [2.75, 3.05) is 39.6 Å². The van der Waals surface area contributed by atoms with Crippen LogP contribution in [-0.4, -0.2) is 64.9 Å². The Labute approximate surface area is 114 Å². The Bertz CT molecular complexity index is 279. The number of amides is 1. The van der Waals surface area contributed by atoms with Crippen LogP contribution in [0.15, 0.2) is 0 Å². The minimum absolute atomic E-state index is 0.259. The van der Waals surface area contributed by atoms with Crippen molar-refractivity contribution in [1.82, 2.24) is 5.32 Å². The van der Waals surface area contributed by atoms with Crippen LogP contribution in [0.25, 0.3) is 0 Å². The number of hydrogen-bond acceptors (Lipinski definition) is 5. The van der Waals surface area contributed by atoms with Gasteiger partial charge in [0.2, 0.25) is 5.91 Å². The van der Waals surface area contributed by atoms with Crippen LogP contribution in [0.2, 0.25) is 19.6 Å². The number of carbonyl (C=O) groups is 2. The summed E-state index contributed by atoms with van der Waals surface area (Å²) in [6.45, 7) is 7.38. The lowest BCUT2D eigenvalue weighted by Gasteiger charge is -2.16. The molecule has 0 unspecified atom stereocenters. The normalized spacial score (nSPS) is 11.3. The standard InChI is InChI=1S/C11H23NO6Si/c1-19(2,3)18-7-6-16-5-4-12-10(13)8-17-9-11(14)15/h4-9H2,1-3H3,(H,12,13)(H,14,15). The molecule has 112 valence electrons. The summed E-state index contributed by atoms with van der Waals surface area (Å²) in [5, 5.41) is 10.8. The Balaban J connectivity index is 3.30. The van der Waals surface area contributed by atoms with Crippen LogP contribution in [0.4, 0.5) is 0 Å². The van der Waals surface area contributed by atoms with E-state index in [4.69, 9.17) is 14.3 Å². The predicted molar refractivity (Wildman–Crippen MR) is 71.6 cm³/mol. The summed E-state index contributed by atoms with van der Waals surface area (Å²) in [5.41, 5.74) is 0. The van der Waals surface area contributed by atoms with Crippen molar-refractivity contribution >= 4 is 20.2 Å². The number of carbonyl (C=O) groups excluding carboxylic acids is 1. The molecule has 0 spiro atoms. The third kappa shape index (κ3) is 15.0. The first kappa shape index (κ1) is 18.0. The van der Waals surface area contributed by atoms with E-state index in [-0.39, 0.29) is 12.5 Å². The molecule has 0 bridgehead atoms. The van der Waals surface area contributed by atoms with Gasteiger partial charge in [-0.3, -0.25) is 4.79 Å². The topological polar surface area (TPSA) is 94.1 Å². The summed E-state index contributed by atoms with van der Waals surface area (Å²) in [6, 6.07) is 0. The molecule has 0 heterocycles. The molecule has 0 aliphatic carbocycles. The number of ether oxygens (including phenoxy) is 2. The zero-order valence-corrected chi connectivity index (χ0v) is 12.7. The molecule has 19 heavy (non-hydrogen) atoms. The quantitative estimate of drug-likeness (QED) is 0.413. The van der Waals surface area contributed by atoms with Gasteiger partial charge in [-0.05, 0) is 19.6 Å². The SMILES string of the molecule is C[Si](C)(C)OCCOCCNC(=O)COCC(=O)O. The van der Waals surface area contributed by atoms with Crippen LogP contribution >= 0.6 is 0 Å². The lowest BCUT2D eigenvalue weighted by atomic mass is 10.6. The number of carboxylic acid groups (broad SMARTS) is 1. The van der Waals surface area contributed by atoms with Crippen molar-refractivity contribution in [1.29, 1.82) is 0 Å². The molecule has 0 saturated carbocycles. The summed E-state index contributed by atoms with van der Waals surface area (Å²) in [6.07, 6.45) is 0. The Hall–Kier alpha value is -0.963. The third-order valence-electron chi connectivity index (χ3n) is 1.79.